The van der Waals surface area contributed by atoms with Crippen LogP contribution in [0.2, 0.25) is 0 Å². The molecule has 22 heavy (non-hydrogen) atoms. The maximum absolute atomic E-state index is 11.9. The number of rotatable bonds is 5. The Morgan fingerprint density at radius 2 is 2.05 bits per heavy atom. The average molecular weight is 317 g/mol. The fourth-order valence-corrected chi connectivity index (χ4v) is 3.87. The van der Waals surface area contributed by atoms with E-state index < -0.39 is 0 Å². The van der Waals surface area contributed by atoms with Crippen molar-refractivity contribution in [1.82, 2.24) is 14.8 Å². The number of aromatic nitrogens is 3. The molecule has 1 aromatic heterocycles. The second kappa shape index (κ2) is 6.96. The van der Waals surface area contributed by atoms with Crippen LogP contribution in [0.25, 0.3) is 0 Å². The minimum Gasteiger partial charge on any atom is -0.298 e. The molecule has 0 unspecified atom stereocenters. The number of aromatic amines is 1. The van der Waals surface area contributed by atoms with E-state index in [1.165, 1.54) is 17.3 Å². The summed E-state index contributed by atoms with van der Waals surface area (Å²) in [4.78, 5) is 23.9. The third-order valence-corrected chi connectivity index (χ3v) is 5.24. The maximum Gasteiger partial charge on any atom is 0.343 e. The topological polar surface area (TPSA) is 67.8 Å². The summed E-state index contributed by atoms with van der Waals surface area (Å²) in [6, 6.07) is 10.0. The molecule has 1 saturated carbocycles. The minimum atomic E-state index is -0.207. The Balaban J connectivity index is 1.70. The predicted octanol–water partition coefficient (Wildman–Crippen LogP) is 2.42. The number of benzene rings is 1. The average Bonchev–Trinajstić information content (AvgIpc) is 2.89. The van der Waals surface area contributed by atoms with Gasteiger partial charge in [-0.2, -0.15) is 0 Å². The van der Waals surface area contributed by atoms with Crippen LogP contribution in [0.4, 0.5) is 0 Å². The Morgan fingerprint density at radius 1 is 1.23 bits per heavy atom. The van der Waals surface area contributed by atoms with Gasteiger partial charge in [-0.3, -0.25) is 9.36 Å². The number of nitrogens with one attached hydrogen (secondary N) is 1. The van der Waals surface area contributed by atoms with E-state index in [9.17, 15) is 9.59 Å². The van der Waals surface area contributed by atoms with Crippen LogP contribution in [0.3, 0.4) is 0 Å². The normalized spacial score (nSPS) is 18.5. The zero-order chi connectivity index (χ0) is 15.4. The standard InChI is InChI=1S/C16H19N3O2S/c20-13-8-4-5-9-14(13)22-16-18-17-15(21)19(16)11-10-12-6-2-1-3-7-12/h1-3,6-7,14H,4-5,8-11H2,(H,17,21)/t14-/m1/s1. The van der Waals surface area contributed by atoms with Gasteiger partial charge in [-0.05, 0) is 24.8 Å². The molecule has 0 radical (unpaired) electrons. The Hall–Kier alpha value is -1.82. The zero-order valence-corrected chi connectivity index (χ0v) is 13.1. The lowest BCUT2D eigenvalue weighted by Crippen LogP contribution is -2.23. The van der Waals surface area contributed by atoms with E-state index in [1.54, 1.807) is 4.57 Å². The summed E-state index contributed by atoms with van der Waals surface area (Å²) in [5.41, 5.74) is 0.974. The van der Waals surface area contributed by atoms with Crippen LogP contribution in [0.15, 0.2) is 40.3 Å². The van der Waals surface area contributed by atoms with Crippen LogP contribution in [-0.4, -0.2) is 25.8 Å². The number of carbonyl (C=O) groups is 1. The molecule has 1 aliphatic rings. The van der Waals surface area contributed by atoms with E-state index in [0.717, 1.165) is 25.7 Å². The highest BCUT2D eigenvalue weighted by Gasteiger charge is 2.25. The van der Waals surface area contributed by atoms with Crippen LogP contribution in [0.5, 0.6) is 0 Å². The van der Waals surface area contributed by atoms with Crippen molar-refractivity contribution in [2.24, 2.45) is 0 Å². The van der Waals surface area contributed by atoms with Gasteiger partial charge in [-0.15, -0.1) is 5.10 Å². The van der Waals surface area contributed by atoms with Gasteiger partial charge in [0.05, 0.1) is 5.25 Å². The molecule has 0 spiro atoms. The molecular formula is C16H19N3O2S. The van der Waals surface area contributed by atoms with Crippen LogP contribution >= 0.6 is 11.8 Å². The molecule has 3 rings (SSSR count). The number of Topliss-reactive ketones (excluding diaryl/α,β-unsaturated/α-hetero) is 1. The number of nitrogens with zero attached hydrogens (tertiary/aromatic N) is 2. The molecule has 6 heteroatoms. The largest absolute Gasteiger partial charge is 0.343 e. The molecule has 0 saturated heterocycles. The molecule has 1 N–H and O–H groups in total. The number of carbonyl (C=O) groups excluding carboxylic acids is 1. The Morgan fingerprint density at radius 3 is 2.82 bits per heavy atom. The van der Waals surface area contributed by atoms with Crippen molar-refractivity contribution < 1.29 is 4.79 Å². The van der Waals surface area contributed by atoms with E-state index in [0.29, 0.717) is 18.1 Å². The summed E-state index contributed by atoms with van der Waals surface area (Å²) in [6.45, 7) is 0.572. The highest BCUT2D eigenvalue weighted by atomic mass is 32.2. The smallest absolute Gasteiger partial charge is 0.298 e. The first-order valence-corrected chi connectivity index (χ1v) is 8.50. The molecule has 2 aromatic rings. The molecule has 1 aliphatic carbocycles. The van der Waals surface area contributed by atoms with Crippen molar-refractivity contribution in [3.8, 4) is 0 Å². The lowest BCUT2D eigenvalue weighted by atomic mass is 9.99. The van der Waals surface area contributed by atoms with Gasteiger partial charge in [-0.25, -0.2) is 9.89 Å². The van der Waals surface area contributed by atoms with E-state index in [4.69, 9.17) is 0 Å². The number of H-pyrrole nitrogens is 1. The molecule has 0 bridgehead atoms. The Labute approximate surface area is 133 Å². The molecular weight excluding hydrogens is 298 g/mol. The summed E-state index contributed by atoms with van der Waals surface area (Å²) >= 11 is 1.43. The van der Waals surface area contributed by atoms with Gasteiger partial charge in [-0.1, -0.05) is 48.5 Å². The van der Waals surface area contributed by atoms with E-state index in [-0.39, 0.29) is 16.7 Å². The SMILES string of the molecule is O=C1CCCC[C@H]1Sc1n[nH]c(=O)n1CCc1ccccc1. The van der Waals surface area contributed by atoms with Gasteiger partial charge < -0.3 is 0 Å². The van der Waals surface area contributed by atoms with Crippen molar-refractivity contribution in [2.75, 3.05) is 0 Å². The zero-order valence-electron chi connectivity index (χ0n) is 12.3. The first-order chi connectivity index (χ1) is 10.7. The monoisotopic (exact) mass is 317 g/mol. The Bertz CT molecular complexity index is 693. The molecule has 0 aliphatic heterocycles. The highest BCUT2D eigenvalue weighted by molar-refractivity contribution is 8.00. The first kappa shape index (κ1) is 15.1. The number of ketones is 1. The van der Waals surface area contributed by atoms with Gasteiger partial charge in [0.15, 0.2) is 5.16 Å². The third-order valence-electron chi connectivity index (χ3n) is 3.94. The van der Waals surface area contributed by atoms with Gasteiger partial charge in [0, 0.05) is 13.0 Å². The summed E-state index contributed by atoms with van der Waals surface area (Å²) < 4.78 is 1.64. The number of hydrogen-bond acceptors (Lipinski definition) is 4. The molecule has 1 fully saturated rings. The number of hydrogen-bond donors (Lipinski definition) is 1. The number of thioether (sulfide) groups is 1. The maximum atomic E-state index is 11.9. The van der Waals surface area contributed by atoms with E-state index in [2.05, 4.69) is 10.2 Å². The molecule has 1 aromatic carbocycles. The summed E-state index contributed by atoms with van der Waals surface area (Å²) in [6.07, 6.45) is 4.35. The van der Waals surface area contributed by atoms with E-state index >= 15 is 0 Å². The van der Waals surface area contributed by atoms with Gasteiger partial charge in [0.2, 0.25) is 0 Å². The van der Waals surface area contributed by atoms with Crippen molar-refractivity contribution in [3.05, 3.63) is 46.4 Å². The molecule has 0 amide bonds. The summed E-state index contributed by atoms with van der Waals surface area (Å²) in [7, 11) is 0. The van der Waals surface area contributed by atoms with Crippen LogP contribution in [0, 0.1) is 0 Å². The van der Waals surface area contributed by atoms with Crippen molar-refractivity contribution in [2.45, 2.75) is 49.1 Å². The second-order valence-corrected chi connectivity index (χ2v) is 6.69. The summed E-state index contributed by atoms with van der Waals surface area (Å²) in [5.74, 6) is 0.279. The molecule has 1 heterocycles. The predicted molar refractivity (Wildman–Crippen MR) is 86.1 cm³/mol. The fraction of sp³-hybridized carbons (Fsp3) is 0.438. The first-order valence-electron chi connectivity index (χ1n) is 7.62. The summed E-state index contributed by atoms with van der Waals surface area (Å²) in [5, 5.41) is 7.17. The van der Waals surface area contributed by atoms with Crippen LogP contribution < -0.4 is 5.69 Å². The van der Waals surface area contributed by atoms with Gasteiger partial charge in [0.25, 0.3) is 0 Å². The van der Waals surface area contributed by atoms with E-state index in [1.807, 2.05) is 30.3 Å². The third kappa shape index (κ3) is 3.50. The fourth-order valence-electron chi connectivity index (χ4n) is 2.68. The lowest BCUT2D eigenvalue weighted by Gasteiger charge is -2.19. The Kier molecular flexibility index (Phi) is 4.77. The quantitative estimate of drug-likeness (QED) is 0.919. The van der Waals surface area contributed by atoms with Gasteiger partial charge in [0.1, 0.15) is 5.78 Å². The molecule has 1 atom stereocenters. The second-order valence-electron chi connectivity index (χ2n) is 5.52. The minimum absolute atomic E-state index is 0.0561. The van der Waals surface area contributed by atoms with Gasteiger partial charge >= 0.3 is 5.69 Å². The van der Waals surface area contributed by atoms with Crippen molar-refractivity contribution in [3.63, 3.8) is 0 Å². The molecule has 5 nitrogen and oxygen atoms in total. The molecule has 116 valence electrons. The van der Waals surface area contributed by atoms with Crippen molar-refractivity contribution >= 4 is 17.5 Å². The van der Waals surface area contributed by atoms with Crippen molar-refractivity contribution in [1.29, 1.82) is 0 Å². The van der Waals surface area contributed by atoms with Crippen LogP contribution in [-0.2, 0) is 17.8 Å². The lowest BCUT2D eigenvalue weighted by molar-refractivity contribution is -0.119. The van der Waals surface area contributed by atoms with Crippen LogP contribution in [0.1, 0.15) is 31.2 Å². The highest BCUT2D eigenvalue weighted by Crippen LogP contribution is 2.29. The number of aryl methyl sites for hydroxylation is 1.